The number of benzene rings is 2. The van der Waals surface area contributed by atoms with Crippen LogP contribution >= 0.6 is 0 Å². The monoisotopic (exact) mass is 396 g/mol. The first-order chi connectivity index (χ1) is 13.9. The minimum absolute atomic E-state index is 0.123. The lowest BCUT2D eigenvalue weighted by molar-refractivity contribution is -0.0275. The lowest BCUT2D eigenvalue weighted by Gasteiger charge is -2.61. The molecule has 0 radical (unpaired) electrons. The zero-order valence-corrected chi connectivity index (χ0v) is 16.2. The number of fused-ring (bicyclic) bond motifs is 1. The summed E-state index contributed by atoms with van der Waals surface area (Å²) < 4.78 is 27.0. The number of anilines is 1. The molecule has 5 nitrogen and oxygen atoms in total. The number of hydrogen-bond acceptors (Lipinski definition) is 4. The van der Waals surface area contributed by atoms with Gasteiger partial charge in [-0.05, 0) is 36.2 Å². The molecular formula is C22H22F2N4O. The van der Waals surface area contributed by atoms with E-state index < -0.39 is 11.6 Å². The van der Waals surface area contributed by atoms with Gasteiger partial charge in [0.05, 0.1) is 16.7 Å². The number of aromatic amines is 1. The molecule has 1 aromatic heterocycles. The van der Waals surface area contributed by atoms with Crippen molar-refractivity contribution in [1.29, 1.82) is 0 Å². The molecule has 0 atom stereocenters. The fourth-order valence-corrected chi connectivity index (χ4v) is 4.65. The van der Waals surface area contributed by atoms with E-state index in [1.54, 1.807) is 0 Å². The molecule has 0 bridgehead atoms. The van der Waals surface area contributed by atoms with E-state index in [1.165, 1.54) is 12.1 Å². The fraction of sp³-hybridized carbons (Fsp3) is 0.364. The summed E-state index contributed by atoms with van der Waals surface area (Å²) in [5, 5.41) is 0. The Balaban J connectivity index is 1.22. The van der Waals surface area contributed by atoms with Crippen LogP contribution in [0.5, 0.6) is 0 Å². The van der Waals surface area contributed by atoms with Crippen LogP contribution in [-0.2, 0) is 13.0 Å². The Morgan fingerprint density at radius 1 is 1.10 bits per heavy atom. The van der Waals surface area contributed by atoms with E-state index in [1.807, 2.05) is 24.0 Å². The van der Waals surface area contributed by atoms with Gasteiger partial charge < -0.3 is 9.88 Å². The van der Waals surface area contributed by atoms with Gasteiger partial charge >= 0.3 is 0 Å². The van der Waals surface area contributed by atoms with Gasteiger partial charge in [-0.25, -0.2) is 13.8 Å². The molecule has 0 amide bonds. The van der Waals surface area contributed by atoms with Crippen molar-refractivity contribution in [3.8, 4) is 0 Å². The molecule has 0 aliphatic carbocycles. The van der Waals surface area contributed by atoms with Crippen LogP contribution in [0.4, 0.5) is 14.5 Å². The van der Waals surface area contributed by atoms with Crippen LogP contribution in [0.15, 0.2) is 41.2 Å². The molecule has 2 aliphatic heterocycles. The third-order valence-electron chi connectivity index (χ3n) is 5.99. The summed E-state index contributed by atoms with van der Waals surface area (Å²) in [7, 11) is 0. The first-order valence-corrected chi connectivity index (χ1v) is 9.89. The summed E-state index contributed by atoms with van der Waals surface area (Å²) >= 11 is 0. The highest BCUT2D eigenvalue weighted by Crippen LogP contribution is 2.43. The van der Waals surface area contributed by atoms with Crippen LogP contribution in [0.1, 0.15) is 18.2 Å². The van der Waals surface area contributed by atoms with E-state index in [2.05, 4.69) is 20.9 Å². The Morgan fingerprint density at radius 3 is 2.62 bits per heavy atom. The molecule has 29 heavy (non-hydrogen) atoms. The van der Waals surface area contributed by atoms with Gasteiger partial charge in [0.15, 0.2) is 0 Å². The first-order valence-electron chi connectivity index (χ1n) is 9.89. The highest BCUT2D eigenvalue weighted by Gasteiger charge is 2.51. The normalized spacial score (nSPS) is 18.1. The Kier molecular flexibility index (Phi) is 4.17. The number of rotatable bonds is 4. The number of nitrogens with one attached hydrogen (secondary N) is 1. The molecule has 1 spiro atoms. The molecule has 0 unspecified atom stereocenters. The van der Waals surface area contributed by atoms with Gasteiger partial charge in [0.1, 0.15) is 17.3 Å². The van der Waals surface area contributed by atoms with Crippen molar-refractivity contribution in [3.63, 3.8) is 0 Å². The average molecular weight is 396 g/mol. The first kappa shape index (κ1) is 18.2. The highest BCUT2D eigenvalue weighted by atomic mass is 19.1. The van der Waals surface area contributed by atoms with E-state index in [-0.39, 0.29) is 11.0 Å². The smallest absolute Gasteiger partial charge is 0.270 e. The van der Waals surface area contributed by atoms with Crippen LogP contribution in [0.2, 0.25) is 0 Å². The Hall–Kier alpha value is -2.80. The minimum atomic E-state index is -0.547. The number of H-pyrrole nitrogens is 1. The molecule has 2 saturated heterocycles. The van der Waals surface area contributed by atoms with E-state index in [0.717, 1.165) is 55.4 Å². The van der Waals surface area contributed by atoms with Gasteiger partial charge in [0.25, 0.3) is 5.56 Å². The van der Waals surface area contributed by atoms with Crippen molar-refractivity contribution in [3.05, 3.63) is 69.6 Å². The Labute approximate surface area is 167 Å². The molecule has 150 valence electrons. The summed E-state index contributed by atoms with van der Waals surface area (Å²) in [5.41, 5.74) is 3.82. The molecular weight excluding hydrogens is 374 g/mol. The maximum absolute atomic E-state index is 13.9. The number of halogens is 2. The van der Waals surface area contributed by atoms with Crippen molar-refractivity contribution < 1.29 is 8.78 Å². The van der Waals surface area contributed by atoms with Gasteiger partial charge in [-0.1, -0.05) is 13.0 Å². The van der Waals surface area contributed by atoms with Crippen LogP contribution in [0, 0.1) is 17.0 Å². The Bertz CT molecular complexity index is 1150. The molecule has 2 fully saturated rings. The molecule has 2 aromatic carbocycles. The van der Waals surface area contributed by atoms with Crippen LogP contribution < -0.4 is 10.5 Å². The number of aryl methyl sites for hydroxylation is 1. The molecule has 3 heterocycles. The Morgan fingerprint density at radius 2 is 1.90 bits per heavy atom. The zero-order valence-electron chi connectivity index (χ0n) is 16.2. The summed E-state index contributed by atoms with van der Waals surface area (Å²) in [4.78, 5) is 23.7. The van der Waals surface area contributed by atoms with Crippen LogP contribution in [-0.4, -0.2) is 41.0 Å². The van der Waals surface area contributed by atoms with Gasteiger partial charge in [0, 0.05) is 44.2 Å². The second-order valence-electron chi connectivity index (χ2n) is 8.31. The second-order valence-corrected chi connectivity index (χ2v) is 8.31. The summed E-state index contributed by atoms with van der Waals surface area (Å²) in [6.45, 7) is 6.22. The molecule has 2 aliphatic rings. The summed E-state index contributed by atoms with van der Waals surface area (Å²) in [5.74, 6) is -1.05. The lowest BCUT2D eigenvalue weighted by Crippen LogP contribution is -2.72. The number of hydrogen-bond donors (Lipinski definition) is 1. The summed E-state index contributed by atoms with van der Waals surface area (Å²) in [6, 6.07) is 9.77. The topological polar surface area (TPSA) is 52.2 Å². The van der Waals surface area contributed by atoms with Gasteiger partial charge in [-0.15, -0.1) is 0 Å². The van der Waals surface area contributed by atoms with E-state index in [0.29, 0.717) is 17.8 Å². The second kappa shape index (κ2) is 6.62. The maximum atomic E-state index is 13.9. The number of aromatic nitrogens is 2. The third kappa shape index (κ3) is 3.19. The standard InChI is InChI=1S/C22H22F2N4O/c1-2-17-21(29)26-19-7-14(3-5-18(19)25-17)9-27-10-22(11-27)12-28(13-22)20-6-4-15(23)8-16(20)24/h3-8H,2,9-13H2,1H3,(H,26,29). The molecule has 5 rings (SSSR count). The SMILES string of the molecule is CCc1nc2ccc(CN3CC4(C3)CN(c3ccc(F)cc3F)C4)cc2[nH]c1=O. The van der Waals surface area contributed by atoms with Crippen molar-refractivity contribution in [2.45, 2.75) is 19.9 Å². The van der Waals surface area contributed by atoms with E-state index in [9.17, 15) is 13.6 Å². The van der Waals surface area contributed by atoms with Crippen molar-refractivity contribution >= 4 is 16.7 Å². The molecule has 1 N–H and O–H groups in total. The molecule has 0 saturated carbocycles. The van der Waals surface area contributed by atoms with Crippen molar-refractivity contribution in [2.24, 2.45) is 5.41 Å². The largest absolute Gasteiger partial charge is 0.368 e. The van der Waals surface area contributed by atoms with Crippen LogP contribution in [0.3, 0.4) is 0 Å². The molecule has 3 aromatic rings. The summed E-state index contributed by atoms with van der Waals surface area (Å²) in [6.07, 6.45) is 0.613. The fourth-order valence-electron chi connectivity index (χ4n) is 4.65. The van der Waals surface area contributed by atoms with Crippen molar-refractivity contribution in [1.82, 2.24) is 14.9 Å². The quantitative estimate of drug-likeness (QED) is 0.737. The molecule has 7 heteroatoms. The predicted molar refractivity (Wildman–Crippen MR) is 108 cm³/mol. The average Bonchev–Trinajstić information content (AvgIpc) is 2.62. The minimum Gasteiger partial charge on any atom is -0.368 e. The predicted octanol–water partition coefficient (Wildman–Crippen LogP) is 3.09. The number of nitrogens with zero attached hydrogens (tertiary/aromatic N) is 3. The zero-order chi connectivity index (χ0) is 20.2. The lowest BCUT2D eigenvalue weighted by atomic mass is 9.72. The van der Waals surface area contributed by atoms with Crippen LogP contribution in [0.25, 0.3) is 11.0 Å². The van der Waals surface area contributed by atoms with E-state index in [4.69, 9.17) is 0 Å². The van der Waals surface area contributed by atoms with Gasteiger partial charge in [0.2, 0.25) is 0 Å². The maximum Gasteiger partial charge on any atom is 0.270 e. The van der Waals surface area contributed by atoms with Gasteiger partial charge in [-0.2, -0.15) is 0 Å². The third-order valence-corrected chi connectivity index (χ3v) is 5.99. The van der Waals surface area contributed by atoms with Crippen molar-refractivity contribution in [2.75, 3.05) is 31.1 Å². The highest BCUT2D eigenvalue weighted by molar-refractivity contribution is 5.74. The number of likely N-dealkylation sites (tertiary alicyclic amines) is 1. The van der Waals surface area contributed by atoms with E-state index >= 15 is 0 Å². The van der Waals surface area contributed by atoms with Gasteiger partial charge in [-0.3, -0.25) is 9.69 Å².